The number of nitrogens with zero attached hydrogens (tertiary/aromatic N) is 3. The topological polar surface area (TPSA) is 38.8 Å². The molecule has 142 valence electrons. The number of hydrogen-bond donors (Lipinski definition) is 1. The van der Waals surface area contributed by atoms with Crippen molar-refractivity contribution in [3.05, 3.63) is 29.8 Å². The molecule has 0 radical (unpaired) electrons. The van der Waals surface area contributed by atoms with E-state index in [0.717, 1.165) is 57.9 Å². The van der Waals surface area contributed by atoms with Crippen LogP contribution in [0.3, 0.4) is 0 Å². The molecule has 1 amide bonds. The first-order valence-electron chi connectivity index (χ1n) is 8.74. The van der Waals surface area contributed by atoms with Gasteiger partial charge in [-0.05, 0) is 38.1 Å². The number of rotatable bonds is 3. The van der Waals surface area contributed by atoms with E-state index in [9.17, 15) is 4.79 Å². The Morgan fingerprint density at radius 1 is 0.920 bits per heavy atom. The van der Waals surface area contributed by atoms with Gasteiger partial charge < -0.3 is 15.1 Å². The number of nitrogens with one attached hydrogen (secondary N) is 1. The Morgan fingerprint density at radius 2 is 1.48 bits per heavy atom. The highest BCUT2D eigenvalue weighted by atomic mass is 35.5. The first kappa shape index (κ1) is 22.0. The van der Waals surface area contributed by atoms with E-state index in [-0.39, 0.29) is 30.7 Å². The fraction of sp³-hybridized carbons (Fsp3) is 0.611. The molecule has 7 heteroatoms. The fourth-order valence-electron chi connectivity index (χ4n) is 3.36. The average molecular weight is 389 g/mol. The molecule has 2 fully saturated rings. The molecule has 0 unspecified atom stereocenters. The van der Waals surface area contributed by atoms with Crippen molar-refractivity contribution in [2.75, 3.05) is 57.3 Å². The maximum absolute atomic E-state index is 12.5. The molecule has 2 aliphatic rings. The zero-order chi connectivity index (χ0) is 16.2. The maximum atomic E-state index is 12.5. The molecule has 0 bridgehead atoms. The highest BCUT2D eigenvalue weighted by Crippen LogP contribution is 2.19. The molecule has 3 rings (SSSR count). The molecule has 0 aliphatic carbocycles. The lowest BCUT2D eigenvalue weighted by Gasteiger charge is -2.38. The number of hydrogen-bond acceptors (Lipinski definition) is 4. The van der Waals surface area contributed by atoms with Crippen molar-refractivity contribution in [2.24, 2.45) is 0 Å². The quantitative estimate of drug-likeness (QED) is 0.860. The summed E-state index contributed by atoms with van der Waals surface area (Å²) in [4.78, 5) is 19.3. The molecule has 0 spiro atoms. The molecule has 2 saturated heterocycles. The average Bonchev–Trinajstić information content (AvgIpc) is 2.62. The Labute approximate surface area is 163 Å². The van der Waals surface area contributed by atoms with E-state index in [1.807, 2.05) is 17.0 Å². The minimum atomic E-state index is 0. The third-order valence-electron chi connectivity index (χ3n) is 4.93. The molecule has 5 nitrogen and oxygen atoms in total. The number of carbonyl (C=O) groups excluding carboxylic acids is 1. The Bertz CT molecular complexity index is 524. The van der Waals surface area contributed by atoms with Gasteiger partial charge in [-0.25, -0.2) is 0 Å². The first-order valence-corrected chi connectivity index (χ1v) is 8.74. The minimum absolute atomic E-state index is 0. The van der Waals surface area contributed by atoms with Gasteiger partial charge in [0, 0.05) is 69.7 Å². The lowest BCUT2D eigenvalue weighted by atomic mass is 10.1. The van der Waals surface area contributed by atoms with E-state index in [2.05, 4.69) is 41.1 Å². The van der Waals surface area contributed by atoms with Crippen molar-refractivity contribution >= 4 is 36.4 Å². The van der Waals surface area contributed by atoms with Crippen LogP contribution in [0.5, 0.6) is 0 Å². The molecule has 1 N–H and O–H groups in total. The minimum Gasteiger partial charge on any atom is -0.369 e. The molecule has 0 aromatic heterocycles. The summed E-state index contributed by atoms with van der Waals surface area (Å²) in [5.74, 6) is 0.155. The van der Waals surface area contributed by atoms with Crippen molar-refractivity contribution in [1.82, 2.24) is 15.1 Å². The molecule has 25 heavy (non-hydrogen) atoms. The lowest BCUT2D eigenvalue weighted by Crippen LogP contribution is -2.49. The second-order valence-electron chi connectivity index (χ2n) is 6.71. The zero-order valence-corrected chi connectivity index (χ0v) is 16.7. The third-order valence-corrected chi connectivity index (χ3v) is 4.93. The van der Waals surface area contributed by atoms with Crippen LogP contribution in [-0.4, -0.2) is 74.1 Å². The zero-order valence-electron chi connectivity index (χ0n) is 15.1. The van der Waals surface area contributed by atoms with Crippen LogP contribution in [0.25, 0.3) is 0 Å². The van der Waals surface area contributed by atoms with Crippen molar-refractivity contribution in [2.45, 2.75) is 19.9 Å². The van der Waals surface area contributed by atoms with Gasteiger partial charge in [0.2, 0.25) is 0 Å². The number of carbonyl (C=O) groups is 1. The molecule has 1 aromatic carbocycles. The third kappa shape index (κ3) is 5.48. The van der Waals surface area contributed by atoms with E-state index in [0.29, 0.717) is 6.04 Å². The van der Waals surface area contributed by atoms with E-state index in [4.69, 9.17) is 0 Å². The van der Waals surface area contributed by atoms with Gasteiger partial charge in [0.05, 0.1) is 0 Å². The smallest absolute Gasteiger partial charge is 0.253 e. The summed E-state index contributed by atoms with van der Waals surface area (Å²) in [7, 11) is 0. The molecule has 1 aromatic rings. The summed E-state index contributed by atoms with van der Waals surface area (Å²) in [5.41, 5.74) is 2.03. The first-order chi connectivity index (χ1) is 11.1. The molecule has 2 aliphatic heterocycles. The Hall–Kier alpha value is -1.01. The normalized spacial score (nSPS) is 18.5. The summed E-state index contributed by atoms with van der Waals surface area (Å²) in [5, 5.41) is 3.28. The van der Waals surface area contributed by atoms with Crippen LogP contribution in [0.2, 0.25) is 0 Å². The van der Waals surface area contributed by atoms with Gasteiger partial charge in [0.1, 0.15) is 0 Å². The van der Waals surface area contributed by atoms with Crippen molar-refractivity contribution in [3.8, 4) is 0 Å². The monoisotopic (exact) mass is 388 g/mol. The highest BCUT2D eigenvalue weighted by Gasteiger charge is 2.20. The summed E-state index contributed by atoms with van der Waals surface area (Å²) >= 11 is 0. The van der Waals surface area contributed by atoms with Gasteiger partial charge in [-0.15, -0.1) is 24.8 Å². The Balaban J connectivity index is 0.00000156. The molecule has 2 heterocycles. The van der Waals surface area contributed by atoms with Gasteiger partial charge in [-0.1, -0.05) is 0 Å². The van der Waals surface area contributed by atoms with Crippen molar-refractivity contribution in [1.29, 1.82) is 0 Å². The summed E-state index contributed by atoms with van der Waals surface area (Å²) in [6.45, 7) is 12.2. The van der Waals surface area contributed by atoms with Gasteiger partial charge >= 0.3 is 0 Å². The molecule has 0 saturated carbocycles. The van der Waals surface area contributed by atoms with E-state index >= 15 is 0 Å². The standard InChI is InChI=1S/C18H28N4O.2ClH/c1-15(2)20-11-13-21(14-12-20)17-5-3-16(4-6-17)18(23)22-9-7-19-8-10-22;;/h3-6,15,19H,7-14H2,1-2H3;2*1H. The van der Waals surface area contributed by atoms with Crippen LogP contribution in [0.15, 0.2) is 24.3 Å². The van der Waals surface area contributed by atoms with Gasteiger partial charge in [0.25, 0.3) is 5.91 Å². The van der Waals surface area contributed by atoms with Crippen LogP contribution in [0, 0.1) is 0 Å². The van der Waals surface area contributed by atoms with Crippen LogP contribution >= 0.6 is 24.8 Å². The van der Waals surface area contributed by atoms with Gasteiger partial charge in [0.15, 0.2) is 0 Å². The second-order valence-corrected chi connectivity index (χ2v) is 6.71. The van der Waals surface area contributed by atoms with Gasteiger partial charge in [-0.3, -0.25) is 9.69 Å². The summed E-state index contributed by atoms with van der Waals surface area (Å²) in [6, 6.07) is 8.78. The van der Waals surface area contributed by atoms with E-state index in [1.54, 1.807) is 0 Å². The van der Waals surface area contributed by atoms with Crippen LogP contribution < -0.4 is 10.2 Å². The number of halogens is 2. The highest BCUT2D eigenvalue weighted by molar-refractivity contribution is 5.94. The number of piperazine rings is 2. The van der Waals surface area contributed by atoms with Crippen molar-refractivity contribution < 1.29 is 4.79 Å². The van der Waals surface area contributed by atoms with Gasteiger partial charge in [-0.2, -0.15) is 0 Å². The number of anilines is 1. The molecular formula is C18H30Cl2N4O. The maximum Gasteiger partial charge on any atom is 0.253 e. The number of amides is 1. The Kier molecular flexibility index (Phi) is 9.00. The van der Waals surface area contributed by atoms with Crippen LogP contribution in [-0.2, 0) is 0 Å². The largest absolute Gasteiger partial charge is 0.369 e. The summed E-state index contributed by atoms with van der Waals surface area (Å²) in [6.07, 6.45) is 0. The van der Waals surface area contributed by atoms with Crippen LogP contribution in [0.4, 0.5) is 5.69 Å². The predicted octanol–water partition coefficient (Wildman–Crippen LogP) is 2.11. The molecule has 0 atom stereocenters. The van der Waals surface area contributed by atoms with Crippen molar-refractivity contribution in [3.63, 3.8) is 0 Å². The lowest BCUT2D eigenvalue weighted by molar-refractivity contribution is 0.0736. The number of benzene rings is 1. The summed E-state index contributed by atoms with van der Waals surface area (Å²) < 4.78 is 0. The molecular weight excluding hydrogens is 359 g/mol. The second kappa shape index (κ2) is 10.2. The van der Waals surface area contributed by atoms with Crippen LogP contribution in [0.1, 0.15) is 24.2 Å². The Morgan fingerprint density at radius 3 is 2.00 bits per heavy atom. The van der Waals surface area contributed by atoms with E-state index < -0.39 is 0 Å². The van der Waals surface area contributed by atoms with E-state index in [1.165, 1.54) is 5.69 Å². The predicted molar refractivity (Wildman–Crippen MR) is 109 cm³/mol. The fourth-order valence-corrected chi connectivity index (χ4v) is 3.36. The SMILES string of the molecule is CC(C)N1CCN(c2ccc(C(=O)N3CCNCC3)cc2)CC1.Cl.Cl.